The van der Waals surface area contributed by atoms with Crippen molar-refractivity contribution in [2.24, 2.45) is 0 Å². The van der Waals surface area contributed by atoms with Crippen molar-refractivity contribution >= 4 is 5.57 Å². The lowest BCUT2D eigenvalue weighted by atomic mass is 9.93. The van der Waals surface area contributed by atoms with E-state index in [-0.39, 0.29) is 0 Å². The molecule has 0 unspecified atom stereocenters. The Bertz CT molecular complexity index is 535. The number of benzene rings is 2. The summed E-state index contributed by atoms with van der Waals surface area (Å²) in [5.41, 5.74) is 6.67. The summed E-state index contributed by atoms with van der Waals surface area (Å²) in [5, 5.41) is 0. The monoisotopic (exact) mass is 236 g/mol. The van der Waals surface area contributed by atoms with Crippen LogP contribution in [0.25, 0.3) is 5.57 Å². The Hall–Kier alpha value is -1.82. The average Bonchev–Trinajstić information content (AvgIpc) is 2.42. The van der Waals surface area contributed by atoms with Gasteiger partial charge in [0.15, 0.2) is 0 Å². The van der Waals surface area contributed by atoms with E-state index < -0.39 is 0 Å². The third-order valence-corrected chi connectivity index (χ3v) is 3.52. The molecular weight excluding hydrogens is 216 g/mol. The number of hydrogen-bond acceptors (Lipinski definition) is 0. The average molecular weight is 236 g/mol. The Morgan fingerprint density at radius 3 is 2.28 bits per heavy atom. The van der Waals surface area contributed by atoms with Crippen LogP contribution in [0.5, 0.6) is 0 Å². The smallest absolute Gasteiger partial charge is 0.00230 e. The van der Waals surface area contributed by atoms with E-state index >= 15 is 0 Å². The molecule has 2 aromatic rings. The topological polar surface area (TPSA) is 0 Å². The zero-order valence-corrected chi connectivity index (χ0v) is 11.2. The first-order chi connectivity index (χ1) is 8.72. The first-order valence-corrected chi connectivity index (χ1v) is 6.53. The van der Waals surface area contributed by atoms with Gasteiger partial charge in [-0.15, -0.1) is 0 Å². The van der Waals surface area contributed by atoms with Gasteiger partial charge in [0.2, 0.25) is 0 Å². The highest BCUT2D eigenvalue weighted by atomic mass is 14.1. The van der Waals surface area contributed by atoms with Crippen LogP contribution in [0.4, 0.5) is 0 Å². The largest absolute Gasteiger partial charge is 0.0949 e. The second-order valence-electron chi connectivity index (χ2n) is 4.70. The van der Waals surface area contributed by atoms with Crippen LogP contribution in [0.2, 0.25) is 0 Å². The van der Waals surface area contributed by atoms with Crippen molar-refractivity contribution in [1.82, 2.24) is 0 Å². The number of hydrogen-bond donors (Lipinski definition) is 0. The Balaban J connectivity index is 2.22. The Kier molecular flexibility index (Phi) is 3.99. The lowest BCUT2D eigenvalue weighted by molar-refractivity contribution is 1.08. The van der Waals surface area contributed by atoms with E-state index in [1.54, 1.807) is 0 Å². The van der Waals surface area contributed by atoms with E-state index in [1.807, 2.05) is 6.07 Å². The molecule has 0 aliphatic heterocycles. The lowest BCUT2D eigenvalue weighted by Gasteiger charge is -2.12. The van der Waals surface area contributed by atoms with Crippen LogP contribution in [0, 0.1) is 6.92 Å². The first kappa shape index (κ1) is 12.6. The fourth-order valence-electron chi connectivity index (χ4n) is 2.32. The number of allylic oxidation sites excluding steroid dienone is 1. The molecule has 2 rings (SSSR count). The van der Waals surface area contributed by atoms with Gasteiger partial charge in [-0.1, -0.05) is 62.0 Å². The molecule has 0 heteroatoms. The third-order valence-electron chi connectivity index (χ3n) is 3.52. The molecule has 0 amide bonds. The van der Waals surface area contributed by atoms with E-state index in [1.165, 1.54) is 27.8 Å². The van der Waals surface area contributed by atoms with E-state index in [4.69, 9.17) is 0 Å². The van der Waals surface area contributed by atoms with Crippen molar-refractivity contribution in [2.45, 2.75) is 26.7 Å². The Labute approximate surface area is 110 Å². The summed E-state index contributed by atoms with van der Waals surface area (Å²) in [7, 11) is 0. The molecule has 0 aliphatic rings. The minimum atomic E-state index is 0.934. The van der Waals surface area contributed by atoms with E-state index in [2.05, 4.69) is 62.9 Å². The quantitative estimate of drug-likeness (QED) is 0.714. The van der Waals surface area contributed by atoms with Crippen molar-refractivity contribution in [3.63, 3.8) is 0 Å². The van der Waals surface area contributed by atoms with Gasteiger partial charge in [-0.25, -0.2) is 0 Å². The van der Waals surface area contributed by atoms with Crippen LogP contribution in [0.1, 0.15) is 29.2 Å². The first-order valence-electron chi connectivity index (χ1n) is 6.53. The number of rotatable bonds is 4. The Morgan fingerprint density at radius 1 is 0.944 bits per heavy atom. The molecule has 0 aromatic heterocycles. The minimum absolute atomic E-state index is 0.934. The van der Waals surface area contributed by atoms with Crippen molar-refractivity contribution in [1.29, 1.82) is 0 Å². The highest BCUT2D eigenvalue weighted by Crippen LogP contribution is 2.22. The molecule has 0 saturated carbocycles. The SMILES string of the molecule is C=C(Cc1cccc(CC)c1C)c1ccccc1. The molecular formula is C18H20. The van der Waals surface area contributed by atoms with Crippen LogP contribution >= 0.6 is 0 Å². The van der Waals surface area contributed by atoms with Gasteiger partial charge >= 0.3 is 0 Å². The second-order valence-corrected chi connectivity index (χ2v) is 4.70. The Morgan fingerprint density at radius 2 is 1.61 bits per heavy atom. The summed E-state index contributed by atoms with van der Waals surface area (Å²) < 4.78 is 0. The standard InChI is InChI=1S/C18H20/c1-4-16-11-8-12-18(15(16)3)13-14(2)17-9-6-5-7-10-17/h5-12H,2,4,13H2,1,3H3. The van der Waals surface area contributed by atoms with Crippen molar-refractivity contribution in [2.75, 3.05) is 0 Å². The highest BCUT2D eigenvalue weighted by Gasteiger charge is 2.05. The van der Waals surface area contributed by atoms with Crippen molar-refractivity contribution < 1.29 is 0 Å². The zero-order chi connectivity index (χ0) is 13.0. The maximum Gasteiger partial charge on any atom is -0.00230 e. The van der Waals surface area contributed by atoms with Gasteiger partial charge < -0.3 is 0 Å². The van der Waals surface area contributed by atoms with Crippen LogP contribution in [-0.4, -0.2) is 0 Å². The van der Waals surface area contributed by atoms with E-state index in [0.717, 1.165) is 12.8 Å². The molecule has 0 bridgehead atoms. The van der Waals surface area contributed by atoms with Gasteiger partial charge in [0.25, 0.3) is 0 Å². The molecule has 0 aliphatic carbocycles. The fourth-order valence-corrected chi connectivity index (χ4v) is 2.32. The third kappa shape index (κ3) is 2.70. The molecule has 92 valence electrons. The van der Waals surface area contributed by atoms with Crippen LogP contribution in [0.3, 0.4) is 0 Å². The maximum atomic E-state index is 4.22. The molecule has 0 spiro atoms. The van der Waals surface area contributed by atoms with Crippen LogP contribution in [0.15, 0.2) is 55.1 Å². The fraction of sp³-hybridized carbons (Fsp3) is 0.222. The van der Waals surface area contributed by atoms with E-state index in [0.29, 0.717) is 0 Å². The maximum absolute atomic E-state index is 4.22. The molecule has 0 heterocycles. The van der Waals surface area contributed by atoms with Gasteiger partial charge in [-0.2, -0.15) is 0 Å². The normalized spacial score (nSPS) is 10.3. The molecule has 0 saturated heterocycles. The van der Waals surface area contributed by atoms with Crippen molar-refractivity contribution in [3.8, 4) is 0 Å². The van der Waals surface area contributed by atoms with Gasteiger partial charge in [-0.3, -0.25) is 0 Å². The minimum Gasteiger partial charge on any atom is -0.0949 e. The molecule has 0 nitrogen and oxygen atoms in total. The molecule has 0 atom stereocenters. The summed E-state index contributed by atoms with van der Waals surface area (Å²) in [6, 6.07) is 17.0. The van der Waals surface area contributed by atoms with Gasteiger partial charge in [0.1, 0.15) is 0 Å². The molecule has 0 fully saturated rings. The van der Waals surface area contributed by atoms with Crippen LogP contribution in [-0.2, 0) is 12.8 Å². The predicted octanol–water partition coefficient (Wildman–Crippen LogP) is 4.81. The summed E-state index contributed by atoms with van der Waals surface area (Å²) >= 11 is 0. The van der Waals surface area contributed by atoms with Crippen molar-refractivity contribution in [3.05, 3.63) is 77.4 Å². The summed E-state index contributed by atoms with van der Waals surface area (Å²) in [6.07, 6.45) is 2.03. The zero-order valence-electron chi connectivity index (χ0n) is 11.2. The van der Waals surface area contributed by atoms with Gasteiger partial charge in [0.05, 0.1) is 0 Å². The number of aryl methyl sites for hydroxylation is 1. The molecule has 2 aromatic carbocycles. The van der Waals surface area contributed by atoms with Gasteiger partial charge in [-0.05, 0) is 47.6 Å². The summed E-state index contributed by atoms with van der Waals surface area (Å²) in [6.45, 7) is 8.64. The molecule has 0 N–H and O–H groups in total. The van der Waals surface area contributed by atoms with Crippen LogP contribution < -0.4 is 0 Å². The van der Waals surface area contributed by atoms with Gasteiger partial charge in [0, 0.05) is 0 Å². The highest BCUT2D eigenvalue weighted by molar-refractivity contribution is 5.66. The lowest BCUT2D eigenvalue weighted by Crippen LogP contribution is -1.96. The summed E-state index contributed by atoms with van der Waals surface area (Å²) in [5.74, 6) is 0. The predicted molar refractivity (Wildman–Crippen MR) is 79.7 cm³/mol. The van der Waals surface area contributed by atoms with E-state index in [9.17, 15) is 0 Å². The molecule has 0 radical (unpaired) electrons. The summed E-state index contributed by atoms with van der Waals surface area (Å²) in [4.78, 5) is 0. The molecule has 18 heavy (non-hydrogen) atoms. The second kappa shape index (κ2) is 5.68.